The van der Waals surface area contributed by atoms with Gasteiger partial charge in [0, 0.05) is 31.8 Å². The number of nitriles is 1. The highest BCUT2D eigenvalue weighted by atomic mass is 32.2. The van der Waals surface area contributed by atoms with Gasteiger partial charge in [-0.1, -0.05) is 12.1 Å². The Hall–Kier alpha value is -1.95. The molecule has 27 heavy (non-hydrogen) atoms. The number of quaternary nitrogens is 1. The first kappa shape index (κ1) is 19.8. The highest BCUT2D eigenvalue weighted by molar-refractivity contribution is 7.89. The van der Waals surface area contributed by atoms with Crippen molar-refractivity contribution in [1.29, 1.82) is 5.26 Å². The fraction of sp³-hybridized carbons (Fsp3) is 0.579. The van der Waals surface area contributed by atoms with Crippen molar-refractivity contribution in [3.05, 3.63) is 29.8 Å². The van der Waals surface area contributed by atoms with Gasteiger partial charge in [-0.05, 0) is 25.0 Å². The van der Waals surface area contributed by atoms with Crippen molar-refractivity contribution < 1.29 is 18.1 Å². The Morgan fingerprint density at radius 3 is 2.56 bits per heavy atom. The third kappa shape index (κ3) is 4.67. The van der Waals surface area contributed by atoms with Crippen molar-refractivity contribution in [2.24, 2.45) is 5.92 Å². The average Bonchev–Trinajstić information content (AvgIpc) is 3.21. The van der Waals surface area contributed by atoms with Crippen molar-refractivity contribution in [1.82, 2.24) is 9.62 Å². The molecule has 0 aliphatic carbocycles. The Labute approximate surface area is 161 Å². The number of nitrogens with one attached hydrogen (secondary N) is 2. The van der Waals surface area contributed by atoms with Crippen LogP contribution in [0.25, 0.3) is 0 Å². The summed E-state index contributed by atoms with van der Waals surface area (Å²) in [6.07, 6.45) is 3.56. The molecule has 0 atom stereocenters. The molecule has 0 aromatic heterocycles. The van der Waals surface area contributed by atoms with Crippen molar-refractivity contribution in [3.63, 3.8) is 0 Å². The van der Waals surface area contributed by atoms with Crippen molar-refractivity contribution in [2.45, 2.75) is 30.6 Å². The molecule has 2 saturated heterocycles. The van der Waals surface area contributed by atoms with Crippen LogP contribution in [0.1, 0.15) is 31.2 Å². The van der Waals surface area contributed by atoms with Crippen LogP contribution in [0.15, 0.2) is 29.2 Å². The Morgan fingerprint density at radius 1 is 1.22 bits per heavy atom. The number of amides is 1. The third-order valence-corrected chi connectivity index (χ3v) is 7.50. The second-order valence-electron chi connectivity index (χ2n) is 7.28. The Morgan fingerprint density at radius 2 is 1.89 bits per heavy atom. The van der Waals surface area contributed by atoms with Gasteiger partial charge in [0.2, 0.25) is 15.9 Å². The normalized spacial score (nSPS) is 19.7. The smallest absolute Gasteiger partial charge is 0.244 e. The molecule has 3 rings (SSSR count). The van der Waals surface area contributed by atoms with Gasteiger partial charge in [-0.3, -0.25) is 4.79 Å². The molecule has 0 unspecified atom stereocenters. The second kappa shape index (κ2) is 8.83. The predicted octanol–water partition coefficient (Wildman–Crippen LogP) is -0.246. The van der Waals surface area contributed by atoms with Gasteiger partial charge in [0.25, 0.3) is 0 Å². The van der Waals surface area contributed by atoms with Crippen LogP contribution in [0.5, 0.6) is 0 Å². The lowest BCUT2D eigenvalue weighted by molar-refractivity contribution is -0.886. The summed E-state index contributed by atoms with van der Waals surface area (Å²) in [4.78, 5) is 14.0. The van der Waals surface area contributed by atoms with Crippen LogP contribution >= 0.6 is 0 Å². The molecule has 2 heterocycles. The van der Waals surface area contributed by atoms with Crippen molar-refractivity contribution >= 4 is 15.9 Å². The van der Waals surface area contributed by atoms with Gasteiger partial charge >= 0.3 is 0 Å². The molecule has 146 valence electrons. The number of piperidine rings is 1. The number of hydrogen-bond donors (Lipinski definition) is 2. The molecule has 1 aromatic rings. The molecule has 2 aliphatic heterocycles. The zero-order chi connectivity index (χ0) is 19.3. The standard InChI is InChI=1S/C19H26N4O3S/c20-15-17-5-1-2-6-18(17)27(25,26)23-12-7-16(8-13-23)19(24)21-9-14-22-10-3-4-11-22/h1-2,5-6,16H,3-4,7-14H2,(H,21,24)/p+1. The van der Waals surface area contributed by atoms with E-state index in [4.69, 9.17) is 5.26 Å². The summed E-state index contributed by atoms with van der Waals surface area (Å²) in [6.45, 7) is 4.63. The molecular formula is C19H27N4O3S+. The van der Waals surface area contributed by atoms with Crippen molar-refractivity contribution in [3.8, 4) is 6.07 Å². The molecule has 8 heteroatoms. The number of sulfonamides is 1. The SMILES string of the molecule is N#Cc1ccccc1S(=O)(=O)N1CCC(C(=O)NCC[NH+]2CCCC2)CC1. The quantitative estimate of drug-likeness (QED) is 0.699. The Balaban J connectivity index is 1.52. The maximum Gasteiger partial charge on any atom is 0.244 e. The monoisotopic (exact) mass is 391 g/mol. The lowest BCUT2D eigenvalue weighted by Gasteiger charge is -2.30. The highest BCUT2D eigenvalue weighted by Gasteiger charge is 2.33. The number of hydrogen-bond acceptors (Lipinski definition) is 4. The molecule has 2 fully saturated rings. The summed E-state index contributed by atoms with van der Waals surface area (Å²) in [5.74, 6) is -0.112. The Bertz CT molecular complexity index is 804. The van der Waals surface area contributed by atoms with Gasteiger partial charge in [0.1, 0.15) is 6.07 Å². The van der Waals surface area contributed by atoms with E-state index in [-0.39, 0.29) is 22.3 Å². The molecular weight excluding hydrogens is 364 g/mol. The Kier molecular flexibility index (Phi) is 6.47. The van der Waals surface area contributed by atoms with Crippen LogP contribution in [0.3, 0.4) is 0 Å². The van der Waals surface area contributed by atoms with Gasteiger partial charge in [-0.15, -0.1) is 0 Å². The van der Waals surface area contributed by atoms with Gasteiger partial charge in [-0.2, -0.15) is 9.57 Å². The van der Waals surface area contributed by atoms with Gasteiger partial charge in [0.05, 0.1) is 36.6 Å². The summed E-state index contributed by atoms with van der Waals surface area (Å²) in [5.41, 5.74) is 0.154. The van der Waals surface area contributed by atoms with E-state index in [0.717, 1.165) is 6.54 Å². The number of carbonyl (C=O) groups excluding carboxylic acids is 1. The average molecular weight is 392 g/mol. The molecule has 7 nitrogen and oxygen atoms in total. The highest BCUT2D eigenvalue weighted by Crippen LogP contribution is 2.25. The van der Waals surface area contributed by atoms with E-state index in [9.17, 15) is 13.2 Å². The number of likely N-dealkylation sites (tertiary alicyclic amines) is 1. The minimum atomic E-state index is -3.71. The zero-order valence-electron chi connectivity index (χ0n) is 15.5. The molecule has 0 bridgehead atoms. The summed E-state index contributed by atoms with van der Waals surface area (Å²) < 4.78 is 27.1. The van der Waals surface area contributed by atoms with Crippen LogP contribution < -0.4 is 10.2 Å². The number of benzene rings is 1. The third-order valence-electron chi connectivity index (χ3n) is 5.54. The fourth-order valence-corrected chi connectivity index (χ4v) is 5.53. The first-order valence-electron chi connectivity index (χ1n) is 9.63. The first-order chi connectivity index (χ1) is 13.0. The maximum atomic E-state index is 12.8. The molecule has 0 radical (unpaired) electrons. The van der Waals surface area contributed by atoms with E-state index in [2.05, 4.69) is 5.32 Å². The summed E-state index contributed by atoms with van der Waals surface area (Å²) in [5, 5.41) is 12.2. The summed E-state index contributed by atoms with van der Waals surface area (Å²) in [7, 11) is -3.71. The molecule has 2 aliphatic rings. The molecule has 1 aromatic carbocycles. The van der Waals surface area contributed by atoms with E-state index in [1.165, 1.54) is 42.4 Å². The minimum absolute atomic E-state index is 0.0306. The van der Waals surface area contributed by atoms with E-state index in [1.807, 2.05) is 6.07 Å². The number of rotatable bonds is 6. The molecule has 1 amide bonds. The molecule has 0 saturated carbocycles. The van der Waals surface area contributed by atoms with Crippen LogP contribution in [-0.4, -0.2) is 57.9 Å². The minimum Gasteiger partial charge on any atom is -0.350 e. The predicted molar refractivity (Wildman–Crippen MR) is 100 cm³/mol. The largest absolute Gasteiger partial charge is 0.350 e. The van der Waals surface area contributed by atoms with Gasteiger partial charge < -0.3 is 10.2 Å². The van der Waals surface area contributed by atoms with Gasteiger partial charge in [0.15, 0.2) is 0 Å². The fourth-order valence-electron chi connectivity index (χ4n) is 3.91. The van der Waals surface area contributed by atoms with Crippen LogP contribution in [0, 0.1) is 17.2 Å². The molecule has 2 N–H and O–H groups in total. The summed E-state index contributed by atoms with van der Waals surface area (Å²) in [6, 6.07) is 8.19. The second-order valence-corrected chi connectivity index (χ2v) is 9.19. The van der Waals surface area contributed by atoms with E-state index < -0.39 is 10.0 Å². The van der Waals surface area contributed by atoms with Crippen LogP contribution in [0.2, 0.25) is 0 Å². The van der Waals surface area contributed by atoms with Crippen LogP contribution in [-0.2, 0) is 14.8 Å². The zero-order valence-corrected chi connectivity index (χ0v) is 16.3. The lowest BCUT2D eigenvalue weighted by atomic mass is 9.97. The lowest BCUT2D eigenvalue weighted by Crippen LogP contribution is -3.10. The van der Waals surface area contributed by atoms with E-state index >= 15 is 0 Å². The maximum absolute atomic E-state index is 12.8. The number of nitrogens with zero attached hydrogens (tertiary/aromatic N) is 2. The molecule has 0 spiro atoms. The number of carbonyl (C=O) groups is 1. The summed E-state index contributed by atoms with van der Waals surface area (Å²) >= 11 is 0. The van der Waals surface area contributed by atoms with Crippen LogP contribution in [0.4, 0.5) is 0 Å². The van der Waals surface area contributed by atoms with E-state index in [0.29, 0.717) is 32.5 Å². The van der Waals surface area contributed by atoms with E-state index in [1.54, 1.807) is 17.0 Å². The first-order valence-corrected chi connectivity index (χ1v) is 11.1. The van der Waals surface area contributed by atoms with Gasteiger partial charge in [-0.25, -0.2) is 8.42 Å². The van der Waals surface area contributed by atoms with Crippen molar-refractivity contribution in [2.75, 3.05) is 39.3 Å². The topological polar surface area (TPSA) is 94.7 Å².